The maximum atomic E-state index is 11.7. The summed E-state index contributed by atoms with van der Waals surface area (Å²) in [6.07, 6.45) is 1.15. The number of carbonyl (C=O) groups is 1. The molecular weight excluding hydrogens is 373 g/mol. The van der Waals surface area contributed by atoms with Crippen molar-refractivity contribution in [2.24, 2.45) is 10.9 Å². The van der Waals surface area contributed by atoms with Gasteiger partial charge in [-0.3, -0.25) is 14.8 Å². The summed E-state index contributed by atoms with van der Waals surface area (Å²) >= 11 is 11.8. The van der Waals surface area contributed by atoms with E-state index in [1.807, 2.05) is 0 Å². The monoisotopic (exact) mass is 385 g/mol. The molecule has 2 rings (SSSR count). The van der Waals surface area contributed by atoms with Crippen molar-refractivity contribution in [3.8, 4) is 0 Å². The summed E-state index contributed by atoms with van der Waals surface area (Å²) in [5.74, 6) is -0.760. The molecule has 1 heterocycles. The highest BCUT2D eigenvalue weighted by atomic mass is 35.5. The van der Waals surface area contributed by atoms with Gasteiger partial charge < -0.3 is 10.6 Å². The first-order chi connectivity index (χ1) is 11.8. The molecule has 0 saturated heterocycles. The van der Waals surface area contributed by atoms with Crippen molar-refractivity contribution in [3.63, 3.8) is 0 Å². The molecule has 0 fully saturated rings. The second-order valence-corrected chi connectivity index (χ2v) is 5.78. The van der Waals surface area contributed by atoms with Gasteiger partial charge in [0.2, 0.25) is 0 Å². The van der Waals surface area contributed by atoms with Crippen LogP contribution in [0.15, 0.2) is 29.6 Å². The van der Waals surface area contributed by atoms with E-state index >= 15 is 0 Å². The summed E-state index contributed by atoms with van der Waals surface area (Å²) in [4.78, 5) is 26.6. The van der Waals surface area contributed by atoms with E-state index in [-0.39, 0.29) is 35.2 Å². The molecule has 132 valence electrons. The Bertz CT molecular complexity index is 850. The quantitative estimate of drug-likeness (QED) is 0.267. The summed E-state index contributed by atoms with van der Waals surface area (Å²) in [5, 5.41) is 18.9. The molecule has 0 saturated carbocycles. The third kappa shape index (κ3) is 4.91. The van der Waals surface area contributed by atoms with Crippen LogP contribution in [0, 0.1) is 17.0 Å². The number of benzene rings is 1. The molecule has 0 unspecified atom stereocenters. The fraction of sp³-hybridized carbons (Fsp3) is 0.214. The Morgan fingerprint density at radius 3 is 2.80 bits per heavy atom. The highest BCUT2D eigenvalue weighted by Crippen LogP contribution is 2.20. The number of rotatable bonds is 6. The number of aromatic nitrogens is 2. The van der Waals surface area contributed by atoms with Crippen molar-refractivity contribution in [3.05, 3.63) is 55.8 Å². The van der Waals surface area contributed by atoms with Crippen LogP contribution in [0.3, 0.4) is 0 Å². The van der Waals surface area contributed by atoms with Gasteiger partial charge in [0.25, 0.3) is 0 Å². The number of nitro groups is 1. The average Bonchev–Trinajstić information content (AvgIpc) is 2.92. The van der Waals surface area contributed by atoms with E-state index < -0.39 is 10.9 Å². The van der Waals surface area contributed by atoms with Crippen LogP contribution in [0.2, 0.25) is 10.0 Å². The van der Waals surface area contributed by atoms with Crippen LogP contribution in [0.25, 0.3) is 0 Å². The van der Waals surface area contributed by atoms with Crippen molar-refractivity contribution < 1.29 is 14.6 Å². The summed E-state index contributed by atoms with van der Waals surface area (Å²) in [7, 11) is 0. The maximum absolute atomic E-state index is 11.7. The number of halogens is 2. The minimum Gasteiger partial charge on any atom is -0.380 e. The second kappa shape index (κ2) is 7.95. The van der Waals surface area contributed by atoms with Crippen LogP contribution in [-0.2, 0) is 16.2 Å². The number of hydrogen-bond acceptors (Lipinski definition) is 6. The Labute approximate surface area is 152 Å². The van der Waals surface area contributed by atoms with Crippen molar-refractivity contribution >= 4 is 40.7 Å². The molecule has 0 radical (unpaired) electrons. The Morgan fingerprint density at radius 1 is 1.48 bits per heavy atom. The number of hydrogen-bond donors (Lipinski definition) is 1. The average molecular weight is 386 g/mol. The van der Waals surface area contributed by atoms with Crippen molar-refractivity contribution in [1.29, 1.82) is 0 Å². The predicted molar refractivity (Wildman–Crippen MR) is 91.5 cm³/mol. The third-order valence-electron chi connectivity index (χ3n) is 3.12. The van der Waals surface area contributed by atoms with E-state index in [1.54, 1.807) is 12.1 Å². The molecule has 0 aliphatic carbocycles. The van der Waals surface area contributed by atoms with E-state index in [2.05, 4.69) is 10.3 Å². The summed E-state index contributed by atoms with van der Waals surface area (Å²) < 4.78 is 1.29. The van der Waals surface area contributed by atoms with Crippen LogP contribution in [0.4, 0.5) is 5.69 Å². The normalized spacial score (nSPS) is 11.4. The molecule has 0 spiro atoms. The molecule has 1 aromatic carbocycles. The molecule has 2 aromatic rings. The van der Waals surface area contributed by atoms with Gasteiger partial charge >= 0.3 is 11.7 Å². The van der Waals surface area contributed by atoms with E-state index in [0.29, 0.717) is 10.6 Å². The first-order valence-electron chi connectivity index (χ1n) is 6.95. The number of amidine groups is 1. The smallest absolute Gasteiger partial charge is 0.336 e. The Kier molecular flexibility index (Phi) is 5.94. The van der Waals surface area contributed by atoms with E-state index in [9.17, 15) is 14.9 Å². The molecule has 0 atom stereocenters. The lowest BCUT2D eigenvalue weighted by atomic mass is 10.2. The van der Waals surface area contributed by atoms with Crippen LogP contribution in [0.5, 0.6) is 0 Å². The van der Waals surface area contributed by atoms with Gasteiger partial charge in [-0.2, -0.15) is 5.10 Å². The molecule has 2 N–H and O–H groups in total. The molecule has 0 aliphatic heterocycles. The van der Waals surface area contributed by atoms with Gasteiger partial charge in [0.05, 0.1) is 22.9 Å². The largest absolute Gasteiger partial charge is 0.380 e. The fourth-order valence-electron chi connectivity index (χ4n) is 1.90. The number of oxime groups is 1. The van der Waals surface area contributed by atoms with Gasteiger partial charge in [-0.05, 0) is 25.1 Å². The fourth-order valence-corrected chi connectivity index (χ4v) is 2.40. The van der Waals surface area contributed by atoms with Gasteiger partial charge in [0.1, 0.15) is 11.9 Å². The minimum absolute atomic E-state index is 0.0828. The summed E-state index contributed by atoms with van der Waals surface area (Å²) in [5.41, 5.74) is 6.23. The zero-order valence-electron chi connectivity index (χ0n) is 13.0. The van der Waals surface area contributed by atoms with E-state index in [0.717, 1.165) is 0 Å². The molecular formula is C14H13Cl2N5O4. The Morgan fingerprint density at radius 2 is 2.20 bits per heavy atom. The second-order valence-electron chi connectivity index (χ2n) is 4.93. The molecule has 1 aromatic heterocycles. The summed E-state index contributed by atoms with van der Waals surface area (Å²) in [6, 6.07) is 4.60. The zero-order chi connectivity index (χ0) is 18.6. The van der Waals surface area contributed by atoms with E-state index in [4.69, 9.17) is 33.8 Å². The van der Waals surface area contributed by atoms with Gasteiger partial charge in [-0.1, -0.05) is 28.4 Å². The summed E-state index contributed by atoms with van der Waals surface area (Å²) in [6.45, 7) is 1.61. The van der Waals surface area contributed by atoms with Crippen LogP contribution < -0.4 is 5.73 Å². The van der Waals surface area contributed by atoms with Crippen LogP contribution >= 0.6 is 23.2 Å². The zero-order valence-corrected chi connectivity index (χ0v) is 14.5. The Balaban J connectivity index is 1.94. The number of nitrogens with zero attached hydrogens (tertiary/aromatic N) is 4. The van der Waals surface area contributed by atoms with Gasteiger partial charge in [-0.15, -0.1) is 0 Å². The van der Waals surface area contributed by atoms with E-state index in [1.165, 1.54) is 23.9 Å². The predicted octanol–water partition coefficient (Wildman–Crippen LogP) is 2.66. The minimum atomic E-state index is -0.677. The Hall–Kier alpha value is -2.65. The first kappa shape index (κ1) is 18.7. The lowest BCUT2D eigenvalue weighted by Crippen LogP contribution is -2.16. The lowest BCUT2D eigenvalue weighted by molar-refractivity contribution is -0.385. The first-order valence-corrected chi connectivity index (χ1v) is 7.70. The molecule has 0 amide bonds. The van der Waals surface area contributed by atoms with Crippen LogP contribution in [-0.4, -0.2) is 26.5 Å². The van der Waals surface area contributed by atoms with Gasteiger partial charge in [0, 0.05) is 10.6 Å². The molecule has 9 nitrogen and oxygen atoms in total. The van der Waals surface area contributed by atoms with Crippen molar-refractivity contribution in [2.45, 2.75) is 19.9 Å². The van der Waals surface area contributed by atoms with Crippen LogP contribution in [0.1, 0.15) is 17.7 Å². The van der Waals surface area contributed by atoms with Gasteiger partial charge in [0.15, 0.2) is 5.84 Å². The highest BCUT2D eigenvalue weighted by molar-refractivity contribution is 6.36. The van der Waals surface area contributed by atoms with Crippen molar-refractivity contribution in [1.82, 2.24) is 9.78 Å². The van der Waals surface area contributed by atoms with Gasteiger partial charge in [-0.25, -0.2) is 4.79 Å². The van der Waals surface area contributed by atoms with Crippen molar-refractivity contribution in [2.75, 3.05) is 0 Å². The number of nitrogens with two attached hydrogens (primary N) is 1. The molecule has 0 aliphatic rings. The number of aryl methyl sites for hydroxylation is 2. The highest BCUT2D eigenvalue weighted by Gasteiger charge is 2.16. The standard InChI is InChI=1S/C14H13Cl2N5O4/c1-8-12(21(23)24)7-20(18-8)5-4-13(22)25-19-14(17)10-3-2-9(15)6-11(10)16/h2-3,6-7H,4-5H2,1H3,(H2,17,19). The molecule has 0 bridgehead atoms. The molecule has 25 heavy (non-hydrogen) atoms. The lowest BCUT2D eigenvalue weighted by Gasteiger charge is -2.04. The topological polar surface area (TPSA) is 126 Å². The number of carbonyl (C=O) groups excluding carboxylic acids is 1. The molecule has 11 heteroatoms. The SMILES string of the molecule is Cc1nn(CCC(=O)O/N=C(\N)c2ccc(Cl)cc2Cl)cc1[N+](=O)[O-]. The third-order valence-corrected chi connectivity index (χ3v) is 3.66. The maximum Gasteiger partial charge on any atom is 0.336 e.